The zero-order valence-electron chi connectivity index (χ0n) is 9.26. The summed E-state index contributed by atoms with van der Waals surface area (Å²) < 4.78 is 0. The minimum atomic E-state index is -0.140. The van der Waals surface area contributed by atoms with Crippen molar-refractivity contribution in [1.82, 2.24) is 10.2 Å². The van der Waals surface area contributed by atoms with E-state index in [0.717, 1.165) is 5.56 Å². The molecule has 1 aromatic carbocycles. The van der Waals surface area contributed by atoms with Gasteiger partial charge in [0, 0.05) is 6.54 Å². The first-order valence-electron chi connectivity index (χ1n) is 5.45. The van der Waals surface area contributed by atoms with E-state index in [0.29, 0.717) is 6.54 Å². The number of aliphatic hydroxyl groups excluding tert-OH is 1. The number of nitrogens with zero attached hydrogens (tertiary/aromatic N) is 1. The summed E-state index contributed by atoms with van der Waals surface area (Å²) in [6, 6.07) is 9.68. The first kappa shape index (κ1) is 11.0. The van der Waals surface area contributed by atoms with Gasteiger partial charge < -0.3 is 15.3 Å². The van der Waals surface area contributed by atoms with Gasteiger partial charge in [-0.15, -0.1) is 0 Å². The van der Waals surface area contributed by atoms with Crippen LogP contribution in [-0.2, 0) is 0 Å². The molecule has 0 bridgehead atoms. The standard InChI is InChI=1S/C12H16N2O2/c1-9(10-5-3-2-4-6-10)14-7-11(8-15)13-12(14)16/h2-6,9,11,15H,7-8H2,1H3,(H,13,16)/t9-,11-/m1/s1. The molecule has 0 aliphatic carbocycles. The first-order valence-corrected chi connectivity index (χ1v) is 5.45. The molecular weight excluding hydrogens is 204 g/mol. The van der Waals surface area contributed by atoms with Crippen LogP contribution in [0.5, 0.6) is 0 Å². The quantitative estimate of drug-likeness (QED) is 0.802. The molecule has 0 saturated carbocycles. The molecule has 2 atom stereocenters. The van der Waals surface area contributed by atoms with Crippen LogP contribution in [0.3, 0.4) is 0 Å². The topological polar surface area (TPSA) is 52.6 Å². The molecule has 1 saturated heterocycles. The van der Waals surface area contributed by atoms with Gasteiger partial charge in [0.1, 0.15) is 0 Å². The second-order valence-electron chi connectivity index (χ2n) is 4.07. The second kappa shape index (κ2) is 4.53. The minimum absolute atomic E-state index is 0.0102. The van der Waals surface area contributed by atoms with E-state index in [4.69, 9.17) is 5.11 Å². The molecule has 0 aromatic heterocycles. The van der Waals surface area contributed by atoms with Gasteiger partial charge >= 0.3 is 6.03 Å². The Morgan fingerprint density at radius 3 is 2.75 bits per heavy atom. The molecule has 1 heterocycles. The number of nitrogens with one attached hydrogen (secondary N) is 1. The van der Waals surface area contributed by atoms with Crippen LogP contribution >= 0.6 is 0 Å². The van der Waals surface area contributed by atoms with Crippen molar-refractivity contribution in [1.29, 1.82) is 0 Å². The summed E-state index contributed by atoms with van der Waals surface area (Å²) >= 11 is 0. The Hall–Kier alpha value is -1.55. The number of hydrogen-bond donors (Lipinski definition) is 2. The Morgan fingerprint density at radius 1 is 1.50 bits per heavy atom. The highest BCUT2D eigenvalue weighted by atomic mass is 16.3. The lowest BCUT2D eigenvalue weighted by Crippen LogP contribution is -2.31. The Kier molecular flexibility index (Phi) is 3.10. The molecule has 2 amide bonds. The zero-order valence-corrected chi connectivity index (χ0v) is 9.26. The molecule has 86 valence electrons. The number of aliphatic hydroxyl groups is 1. The number of carbonyl (C=O) groups excluding carboxylic acids is 1. The fourth-order valence-electron chi connectivity index (χ4n) is 1.97. The molecule has 4 heteroatoms. The maximum Gasteiger partial charge on any atom is 0.318 e. The van der Waals surface area contributed by atoms with Crippen molar-refractivity contribution in [3.63, 3.8) is 0 Å². The van der Waals surface area contributed by atoms with E-state index in [2.05, 4.69) is 5.32 Å². The predicted octanol–water partition coefficient (Wildman–Crippen LogP) is 1.13. The summed E-state index contributed by atoms with van der Waals surface area (Å²) in [6.07, 6.45) is 0. The lowest BCUT2D eigenvalue weighted by Gasteiger charge is -2.23. The van der Waals surface area contributed by atoms with Crippen LogP contribution < -0.4 is 5.32 Å². The van der Waals surface area contributed by atoms with Gasteiger partial charge in [0.15, 0.2) is 0 Å². The monoisotopic (exact) mass is 220 g/mol. The maximum atomic E-state index is 11.7. The Balaban J connectivity index is 2.11. The Morgan fingerprint density at radius 2 is 2.19 bits per heavy atom. The van der Waals surface area contributed by atoms with Gasteiger partial charge in [-0.25, -0.2) is 4.79 Å². The average Bonchev–Trinajstić information content (AvgIpc) is 2.71. The highest BCUT2D eigenvalue weighted by molar-refractivity contribution is 5.77. The Labute approximate surface area is 94.9 Å². The fraction of sp³-hybridized carbons (Fsp3) is 0.417. The molecule has 1 fully saturated rings. The average molecular weight is 220 g/mol. The molecule has 0 spiro atoms. The van der Waals surface area contributed by atoms with Crippen LogP contribution in [0, 0.1) is 0 Å². The van der Waals surface area contributed by atoms with E-state index in [1.807, 2.05) is 37.3 Å². The number of benzene rings is 1. The van der Waals surface area contributed by atoms with E-state index >= 15 is 0 Å². The van der Waals surface area contributed by atoms with Gasteiger partial charge in [-0.2, -0.15) is 0 Å². The third kappa shape index (κ3) is 2.02. The molecule has 1 aliphatic heterocycles. The highest BCUT2D eigenvalue weighted by Gasteiger charge is 2.31. The van der Waals surface area contributed by atoms with Gasteiger partial charge in [0.2, 0.25) is 0 Å². The number of hydrogen-bond acceptors (Lipinski definition) is 2. The summed E-state index contributed by atoms with van der Waals surface area (Å²) in [5.74, 6) is 0. The van der Waals surface area contributed by atoms with Crippen molar-refractivity contribution in [3.8, 4) is 0 Å². The lowest BCUT2D eigenvalue weighted by atomic mass is 10.1. The van der Waals surface area contributed by atoms with E-state index in [1.54, 1.807) is 4.90 Å². The van der Waals surface area contributed by atoms with E-state index in [9.17, 15) is 4.79 Å². The SMILES string of the molecule is C[C@H](c1ccccc1)N1C[C@H](CO)NC1=O. The minimum Gasteiger partial charge on any atom is -0.394 e. The van der Waals surface area contributed by atoms with Crippen molar-refractivity contribution >= 4 is 6.03 Å². The normalized spacial score (nSPS) is 22.0. The van der Waals surface area contributed by atoms with Crippen molar-refractivity contribution in [3.05, 3.63) is 35.9 Å². The van der Waals surface area contributed by atoms with Gasteiger partial charge in [-0.3, -0.25) is 0 Å². The van der Waals surface area contributed by atoms with Crippen molar-refractivity contribution < 1.29 is 9.90 Å². The van der Waals surface area contributed by atoms with Gasteiger partial charge in [0.25, 0.3) is 0 Å². The zero-order chi connectivity index (χ0) is 11.5. The number of carbonyl (C=O) groups is 1. The summed E-state index contributed by atoms with van der Waals surface area (Å²) in [7, 11) is 0. The molecule has 1 aromatic rings. The fourth-order valence-corrected chi connectivity index (χ4v) is 1.97. The first-order chi connectivity index (χ1) is 7.72. The number of rotatable bonds is 3. The number of amides is 2. The van der Waals surface area contributed by atoms with Gasteiger partial charge in [0.05, 0.1) is 18.7 Å². The smallest absolute Gasteiger partial charge is 0.318 e. The molecular formula is C12H16N2O2. The van der Waals surface area contributed by atoms with Crippen LogP contribution in [0.15, 0.2) is 30.3 Å². The molecule has 2 rings (SSSR count). The van der Waals surface area contributed by atoms with Crippen molar-refractivity contribution in [2.45, 2.75) is 19.0 Å². The molecule has 2 N–H and O–H groups in total. The van der Waals surface area contributed by atoms with Gasteiger partial charge in [-0.1, -0.05) is 30.3 Å². The van der Waals surface area contributed by atoms with Crippen molar-refractivity contribution in [2.24, 2.45) is 0 Å². The van der Waals surface area contributed by atoms with Crippen LogP contribution in [0.1, 0.15) is 18.5 Å². The molecule has 0 unspecified atom stereocenters. The largest absolute Gasteiger partial charge is 0.394 e. The molecule has 16 heavy (non-hydrogen) atoms. The molecule has 0 radical (unpaired) electrons. The molecule has 1 aliphatic rings. The van der Waals surface area contributed by atoms with E-state index < -0.39 is 0 Å². The summed E-state index contributed by atoms with van der Waals surface area (Å²) in [5.41, 5.74) is 1.11. The van der Waals surface area contributed by atoms with E-state index in [-0.39, 0.29) is 24.7 Å². The van der Waals surface area contributed by atoms with Crippen molar-refractivity contribution in [2.75, 3.05) is 13.2 Å². The third-order valence-corrected chi connectivity index (χ3v) is 2.98. The van der Waals surface area contributed by atoms with Crippen LogP contribution in [0.4, 0.5) is 4.79 Å². The van der Waals surface area contributed by atoms with Crippen LogP contribution in [0.25, 0.3) is 0 Å². The van der Waals surface area contributed by atoms with Crippen LogP contribution in [0.2, 0.25) is 0 Å². The second-order valence-corrected chi connectivity index (χ2v) is 4.07. The van der Waals surface area contributed by atoms with Gasteiger partial charge in [-0.05, 0) is 12.5 Å². The summed E-state index contributed by atoms with van der Waals surface area (Å²) in [4.78, 5) is 13.4. The molecule has 4 nitrogen and oxygen atoms in total. The summed E-state index contributed by atoms with van der Waals surface area (Å²) in [6.45, 7) is 2.55. The maximum absolute atomic E-state index is 11.7. The highest BCUT2D eigenvalue weighted by Crippen LogP contribution is 2.22. The third-order valence-electron chi connectivity index (χ3n) is 2.98. The lowest BCUT2D eigenvalue weighted by molar-refractivity contribution is 0.201. The summed E-state index contributed by atoms with van der Waals surface area (Å²) in [5, 5.41) is 11.8. The van der Waals surface area contributed by atoms with E-state index in [1.165, 1.54) is 0 Å². The number of urea groups is 1. The Bertz CT molecular complexity index is 367. The van der Waals surface area contributed by atoms with Crippen LogP contribution in [-0.4, -0.2) is 35.2 Å². The predicted molar refractivity (Wildman–Crippen MR) is 61.0 cm³/mol.